The summed E-state index contributed by atoms with van der Waals surface area (Å²) < 4.78 is 21.9. The van der Waals surface area contributed by atoms with Crippen molar-refractivity contribution >= 4 is 46.4 Å². The molecule has 0 heterocycles. The molecular formula is C33H32N4O9. The minimum absolute atomic E-state index is 0.220. The number of amides is 3. The number of nitrogen functional groups attached to an aromatic ring is 1. The number of hydrogen-bond donors (Lipinski definition) is 5. The molecule has 0 aliphatic heterocycles. The van der Waals surface area contributed by atoms with Crippen LogP contribution in [0, 0.1) is 0 Å². The average Bonchev–Trinajstić information content (AvgIpc) is 3.02. The first-order valence-corrected chi connectivity index (χ1v) is 14.0. The molecule has 0 fully saturated rings. The van der Waals surface area contributed by atoms with Crippen LogP contribution in [0.2, 0.25) is 0 Å². The zero-order chi connectivity index (χ0) is 32.9. The number of benzene rings is 4. The van der Waals surface area contributed by atoms with Gasteiger partial charge in [0, 0.05) is 47.0 Å². The third kappa shape index (κ3) is 10.8. The van der Waals surface area contributed by atoms with Gasteiger partial charge in [-0.1, -0.05) is 24.3 Å². The Morgan fingerprint density at radius 3 is 1.59 bits per heavy atom. The number of rotatable bonds is 15. The molecule has 0 unspecified atom stereocenters. The maximum atomic E-state index is 12.7. The van der Waals surface area contributed by atoms with Crippen molar-refractivity contribution < 1.29 is 43.2 Å². The van der Waals surface area contributed by atoms with E-state index in [-0.39, 0.29) is 24.9 Å². The number of hydrogen-bond acceptors (Lipinski definition) is 9. The maximum Gasteiger partial charge on any atom is 0.341 e. The zero-order valence-corrected chi connectivity index (χ0v) is 24.7. The highest BCUT2D eigenvalue weighted by Crippen LogP contribution is 2.22. The summed E-state index contributed by atoms with van der Waals surface area (Å²) in [4.78, 5) is 48.2. The van der Waals surface area contributed by atoms with Crippen molar-refractivity contribution in [1.82, 2.24) is 0 Å². The van der Waals surface area contributed by atoms with Crippen molar-refractivity contribution in [3.8, 4) is 23.0 Å². The molecule has 46 heavy (non-hydrogen) atoms. The summed E-state index contributed by atoms with van der Waals surface area (Å²) in [5.74, 6) is -0.944. The van der Waals surface area contributed by atoms with E-state index in [1.165, 1.54) is 6.07 Å². The highest BCUT2D eigenvalue weighted by atomic mass is 16.5. The molecule has 3 amide bonds. The minimum Gasteiger partial charge on any atom is -0.484 e. The number of ether oxygens (including phenoxy) is 4. The van der Waals surface area contributed by atoms with Gasteiger partial charge in [0.25, 0.3) is 17.7 Å². The van der Waals surface area contributed by atoms with Crippen molar-refractivity contribution in [2.75, 3.05) is 41.5 Å². The first kappa shape index (κ1) is 32.7. The summed E-state index contributed by atoms with van der Waals surface area (Å²) in [5, 5.41) is 16.9. The van der Waals surface area contributed by atoms with Crippen LogP contribution in [0.25, 0.3) is 0 Å². The van der Waals surface area contributed by atoms with Crippen LogP contribution in [0.1, 0.15) is 6.92 Å². The Morgan fingerprint density at radius 2 is 1.07 bits per heavy atom. The molecule has 238 valence electrons. The molecule has 0 radical (unpaired) electrons. The summed E-state index contributed by atoms with van der Waals surface area (Å²) in [6, 6.07) is 26.1. The van der Waals surface area contributed by atoms with Crippen LogP contribution in [0.4, 0.5) is 22.7 Å². The van der Waals surface area contributed by atoms with Gasteiger partial charge in [0.1, 0.15) is 23.0 Å². The smallest absolute Gasteiger partial charge is 0.341 e. The monoisotopic (exact) mass is 628 g/mol. The van der Waals surface area contributed by atoms with E-state index in [4.69, 9.17) is 29.8 Å². The van der Waals surface area contributed by atoms with E-state index in [0.717, 1.165) is 0 Å². The standard InChI is InChI=1S/C33H32N4O9/c1-21(33(42)37-25-9-4-12-28(16-25)45-20-32(40)41)46-29-13-5-8-24(17-29)36-31(39)19-44-27-11-3-7-23(15-27)35-30(38)18-43-26-10-2-6-22(34)14-26/h2-17,21H,18-20,34H2,1H3,(H,35,38)(H,36,39)(H,37,42)(H,40,41)/t21-/m1/s1. The summed E-state index contributed by atoms with van der Waals surface area (Å²) in [6.45, 7) is 0.520. The molecule has 6 N–H and O–H groups in total. The van der Waals surface area contributed by atoms with E-state index in [9.17, 15) is 19.2 Å². The fourth-order valence-electron chi connectivity index (χ4n) is 3.92. The average molecular weight is 629 g/mol. The Hall–Kier alpha value is -6.24. The normalized spacial score (nSPS) is 11.0. The number of nitrogens with two attached hydrogens (primary N) is 1. The molecule has 0 saturated carbocycles. The van der Waals surface area contributed by atoms with E-state index >= 15 is 0 Å². The Bertz CT molecular complexity index is 1700. The van der Waals surface area contributed by atoms with E-state index in [2.05, 4.69) is 16.0 Å². The molecule has 0 aromatic heterocycles. The molecule has 4 rings (SSSR count). The number of carboxylic acid groups (broad SMARTS) is 1. The number of aliphatic carboxylic acids is 1. The van der Waals surface area contributed by atoms with Gasteiger partial charge in [0.2, 0.25) is 0 Å². The molecule has 0 aliphatic rings. The molecule has 13 heteroatoms. The second-order valence-corrected chi connectivity index (χ2v) is 9.76. The number of carboxylic acids is 1. The van der Waals surface area contributed by atoms with Gasteiger partial charge in [-0.15, -0.1) is 0 Å². The predicted octanol–water partition coefficient (Wildman–Crippen LogP) is 4.17. The molecular weight excluding hydrogens is 596 g/mol. The molecule has 0 bridgehead atoms. The van der Waals surface area contributed by atoms with Gasteiger partial charge in [-0.3, -0.25) is 14.4 Å². The van der Waals surface area contributed by atoms with E-state index in [0.29, 0.717) is 40.0 Å². The third-order valence-corrected chi connectivity index (χ3v) is 5.98. The Kier molecular flexibility index (Phi) is 11.4. The molecule has 4 aromatic carbocycles. The van der Waals surface area contributed by atoms with Crippen molar-refractivity contribution in [2.45, 2.75) is 13.0 Å². The van der Waals surface area contributed by atoms with Crippen LogP contribution >= 0.6 is 0 Å². The number of anilines is 4. The lowest BCUT2D eigenvalue weighted by Crippen LogP contribution is -2.30. The molecule has 1 atom stereocenters. The SMILES string of the molecule is C[C@@H](Oc1cccc(NC(=O)COc2cccc(NC(=O)COc3cccc(N)c3)c2)c1)C(=O)Nc1cccc(OCC(=O)O)c1. The first-order chi connectivity index (χ1) is 22.1. The number of nitrogens with one attached hydrogen (secondary N) is 3. The minimum atomic E-state index is -1.12. The summed E-state index contributed by atoms with van der Waals surface area (Å²) in [5.41, 5.74) is 7.52. The summed E-state index contributed by atoms with van der Waals surface area (Å²) in [7, 11) is 0. The van der Waals surface area contributed by atoms with Crippen molar-refractivity contribution in [1.29, 1.82) is 0 Å². The fourth-order valence-corrected chi connectivity index (χ4v) is 3.92. The molecule has 0 aliphatic carbocycles. The second kappa shape index (κ2) is 16.0. The lowest BCUT2D eigenvalue weighted by atomic mass is 10.2. The summed E-state index contributed by atoms with van der Waals surface area (Å²) >= 11 is 0. The van der Waals surface area contributed by atoms with E-state index in [1.54, 1.807) is 97.9 Å². The molecule has 4 aromatic rings. The largest absolute Gasteiger partial charge is 0.484 e. The van der Waals surface area contributed by atoms with Crippen LogP contribution in [0.5, 0.6) is 23.0 Å². The van der Waals surface area contributed by atoms with Gasteiger partial charge in [-0.2, -0.15) is 0 Å². The zero-order valence-electron chi connectivity index (χ0n) is 24.7. The highest BCUT2D eigenvalue weighted by molar-refractivity contribution is 5.95. The highest BCUT2D eigenvalue weighted by Gasteiger charge is 2.16. The van der Waals surface area contributed by atoms with Gasteiger partial charge in [0.05, 0.1) is 0 Å². The predicted molar refractivity (Wildman–Crippen MR) is 170 cm³/mol. The number of carbonyl (C=O) groups is 4. The Morgan fingerprint density at radius 1 is 0.630 bits per heavy atom. The topological polar surface area (TPSA) is 188 Å². The van der Waals surface area contributed by atoms with Crippen LogP contribution in [-0.4, -0.2) is 54.7 Å². The van der Waals surface area contributed by atoms with Gasteiger partial charge >= 0.3 is 5.97 Å². The van der Waals surface area contributed by atoms with Crippen molar-refractivity contribution in [3.05, 3.63) is 97.1 Å². The number of carbonyl (C=O) groups excluding carboxylic acids is 3. The molecule has 0 spiro atoms. The lowest BCUT2D eigenvalue weighted by molar-refractivity contribution is -0.139. The van der Waals surface area contributed by atoms with Gasteiger partial charge in [-0.05, 0) is 55.5 Å². The Labute approximate surface area is 264 Å². The van der Waals surface area contributed by atoms with Crippen LogP contribution in [0.3, 0.4) is 0 Å². The summed E-state index contributed by atoms with van der Waals surface area (Å²) in [6.07, 6.45) is -0.908. The quantitative estimate of drug-likeness (QED) is 0.120. The van der Waals surface area contributed by atoms with Crippen molar-refractivity contribution in [2.24, 2.45) is 0 Å². The lowest BCUT2D eigenvalue weighted by Gasteiger charge is -2.16. The van der Waals surface area contributed by atoms with Gasteiger partial charge < -0.3 is 45.7 Å². The van der Waals surface area contributed by atoms with Crippen molar-refractivity contribution in [3.63, 3.8) is 0 Å². The van der Waals surface area contributed by atoms with Gasteiger partial charge in [0.15, 0.2) is 25.9 Å². The second-order valence-electron chi connectivity index (χ2n) is 9.76. The first-order valence-electron chi connectivity index (χ1n) is 14.0. The van der Waals surface area contributed by atoms with Gasteiger partial charge in [-0.25, -0.2) is 4.79 Å². The van der Waals surface area contributed by atoms with E-state index < -0.39 is 30.5 Å². The fraction of sp³-hybridized carbons (Fsp3) is 0.152. The maximum absolute atomic E-state index is 12.7. The van der Waals surface area contributed by atoms with Crippen LogP contribution in [0.15, 0.2) is 97.1 Å². The molecule has 0 saturated heterocycles. The third-order valence-electron chi connectivity index (χ3n) is 5.98. The van der Waals surface area contributed by atoms with E-state index in [1.807, 2.05) is 0 Å². The van der Waals surface area contributed by atoms with Crippen LogP contribution in [-0.2, 0) is 19.2 Å². The van der Waals surface area contributed by atoms with Crippen LogP contribution < -0.4 is 40.6 Å². The Balaban J connectivity index is 1.23. The molecule has 13 nitrogen and oxygen atoms in total.